The van der Waals surface area contributed by atoms with Crippen LogP contribution >= 0.6 is 34.5 Å². The average Bonchev–Trinajstić information content (AvgIpc) is 2.92. The molecule has 3 aromatic rings. The molecule has 27 heavy (non-hydrogen) atoms. The van der Waals surface area contributed by atoms with Crippen molar-refractivity contribution in [1.29, 1.82) is 0 Å². The Morgan fingerprint density at radius 3 is 2.63 bits per heavy atom. The third-order valence-electron chi connectivity index (χ3n) is 4.32. The summed E-state index contributed by atoms with van der Waals surface area (Å²) in [6.45, 7) is 7.94. The smallest absolute Gasteiger partial charge is 0.281 e. The Morgan fingerprint density at radius 1 is 1.19 bits per heavy atom. The van der Waals surface area contributed by atoms with Crippen LogP contribution in [0, 0.1) is 13.8 Å². The number of ether oxygens (including phenoxy) is 1. The summed E-state index contributed by atoms with van der Waals surface area (Å²) < 4.78 is 8.63. The van der Waals surface area contributed by atoms with Gasteiger partial charge in [-0.1, -0.05) is 34.5 Å². The quantitative estimate of drug-likeness (QED) is 0.516. The largest absolute Gasteiger partial charge is 0.380 e. The molecule has 3 rings (SSSR count). The van der Waals surface area contributed by atoms with Crippen molar-refractivity contribution >= 4 is 50.7 Å². The molecule has 1 aromatic heterocycles. The summed E-state index contributed by atoms with van der Waals surface area (Å²) in [5, 5.41) is 0.779. The summed E-state index contributed by atoms with van der Waals surface area (Å²) in [6, 6.07) is 9.05. The molecule has 4 nitrogen and oxygen atoms in total. The number of aryl methyl sites for hydroxylation is 2. The van der Waals surface area contributed by atoms with E-state index in [2.05, 4.69) is 31.0 Å². The molecule has 0 aliphatic carbocycles. The van der Waals surface area contributed by atoms with Gasteiger partial charge in [0.05, 0.1) is 27.4 Å². The predicted molar refractivity (Wildman–Crippen MR) is 112 cm³/mol. The van der Waals surface area contributed by atoms with E-state index < -0.39 is 0 Å². The molecule has 0 N–H and O–H groups in total. The van der Waals surface area contributed by atoms with E-state index in [9.17, 15) is 4.79 Å². The van der Waals surface area contributed by atoms with Gasteiger partial charge in [0.2, 0.25) is 0 Å². The predicted octanol–water partition coefficient (Wildman–Crippen LogP) is 5.40. The van der Waals surface area contributed by atoms with Crippen LogP contribution in [0.2, 0.25) is 10.0 Å². The molecule has 0 unspecified atom stereocenters. The average molecular weight is 423 g/mol. The van der Waals surface area contributed by atoms with Gasteiger partial charge in [-0.05, 0) is 62.2 Å². The van der Waals surface area contributed by atoms with Gasteiger partial charge in [0.25, 0.3) is 5.91 Å². The third kappa shape index (κ3) is 4.43. The van der Waals surface area contributed by atoms with Gasteiger partial charge >= 0.3 is 0 Å². The number of aromatic nitrogens is 1. The molecule has 0 aliphatic rings. The molecule has 142 valence electrons. The Bertz CT molecular complexity index is 1070. The summed E-state index contributed by atoms with van der Waals surface area (Å²) in [6.07, 6.45) is 0. The summed E-state index contributed by atoms with van der Waals surface area (Å²) in [7, 11) is 0. The van der Waals surface area contributed by atoms with Gasteiger partial charge in [0.15, 0.2) is 4.80 Å². The number of carbonyl (C=O) groups is 1. The lowest BCUT2D eigenvalue weighted by Crippen LogP contribution is -2.20. The van der Waals surface area contributed by atoms with Gasteiger partial charge in [-0.25, -0.2) is 0 Å². The molecular weight excluding hydrogens is 403 g/mol. The highest BCUT2D eigenvalue weighted by atomic mass is 35.5. The second-order valence-corrected chi connectivity index (χ2v) is 8.03. The second kappa shape index (κ2) is 8.57. The molecule has 0 spiro atoms. The first-order chi connectivity index (χ1) is 12.9. The Morgan fingerprint density at radius 2 is 1.93 bits per heavy atom. The van der Waals surface area contributed by atoms with Crippen LogP contribution in [-0.2, 0) is 11.3 Å². The first-order valence-corrected chi connectivity index (χ1v) is 10.2. The molecule has 0 bridgehead atoms. The highest BCUT2D eigenvalue weighted by Gasteiger charge is 2.13. The Labute approximate surface area is 172 Å². The maximum Gasteiger partial charge on any atom is 0.281 e. The minimum absolute atomic E-state index is 0.296. The molecule has 0 saturated carbocycles. The highest BCUT2D eigenvalue weighted by molar-refractivity contribution is 7.16. The molecule has 2 aromatic carbocycles. The number of hydrogen-bond acceptors (Lipinski definition) is 3. The topological polar surface area (TPSA) is 43.6 Å². The van der Waals surface area contributed by atoms with Crippen LogP contribution in [0.15, 0.2) is 35.3 Å². The van der Waals surface area contributed by atoms with Gasteiger partial charge in [0.1, 0.15) is 0 Å². The van der Waals surface area contributed by atoms with Crippen molar-refractivity contribution in [3.05, 3.63) is 61.9 Å². The molecule has 7 heteroatoms. The van der Waals surface area contributed by atoms with E-state index in [1.165, 1.54) is 22.5 Å². The van der Waals surface area contributed by atoms with Crippen molar-refractivity contribution in [3.63, 3.8) is 0 Å². The Hall–Kier alpha value is -1.66. The normalized spacial score (nSPS) is 12.1. The van der Waals surface area contributed by atoms with Crippen LogP contribution in [0.1, 0.15) is 28.4 Å². The molecule has 0 atom stereocenters. The van der Waals surface area contributed by atoms with E-state index in [1.54, 1.807) is 18.2 Å². The van der Waals surface area contributed by atoms with E-state index in [-0.39, 0.29) is 5.91 Å². The van der Waals surface area contributed by atoms with Gasteiger partial charge < -0.3 is 9.30 Å². The van der Waals surface area contributed by atoms with E-state index in [0.717, 1.165) is 10.2 Å². The van der Waals surface area contributed by atoms with Crippen LogP contribution in [0.3, 0.4) is 0 Å². The van der Waals surface area contributed by atoms with Gasteiger partial charge in [-0.2, -0.15) is 4.99 Å². The SMILES string of the molecule is CCOCCn1c(=NC(=O)c2ccc(Cl)cc2Cl)sc2cc(C)c(C)cc21. The number of rotatable bonds is 5. The number of halogens is 2. The maximum atomic E-state index is 12.7. The zero-order valence-corrected chi connectivity index (χ0v) is 17.7. The summed E-state index contributed by atoms with van der Waals surface area (Å²) in [5.41, 5.74) is 3.79. The van der Waals surface area contributed by atoms with Crippen molar-refractivity contribution in [1.82, 2.24) is 4.57 Å². The Balaban J connectivity index is 2.12. The van der Waals surface area contributed by atoms with Crippen LogP contribution < -0.4 is 4.80 Å². The summed E-state index contributed by atoms with van der Waals surface area (Å²) in [4.78, 5) is 17.7. The number of nitrogens with zero attached hydrogens (tertiary/aromatic N) is 2. The standard InChI is InChI=1S/C20H20Cl2N2O2S/c1-4-26-8-7-24-17-9-12(2)13(3)10-18(17)27-20(24)23-19(25)15-6-5-14(21)11-16(15)22/h5-6,9-11H,4,7-8H2,1-3H3. The number of hydrogen-bond donors (Lipinski definition) is 0. The van der Waals surface area contributed by atoms with Crippen molar-refractivity contribution in [2.24, 2.45) is 4.99 Å². The minimum Gasteiger partial charge on any atom is -0.380 e. The third-order valence-corrected chi connectivity index (χ3v) is 5.91. The number of thiazole rings is 1. The highest BCUT2D eigenvalue weighted by Crippen LogP contribution is 2.24. The van der Waals surface area contributed by atoms with Crippen LogP contribution in [0.5, 0.6) is 0 Å². The van der Waals surface area contributed by atoms with Gasteiger partial charge in [-0.3, -0.25) is 4.79 Å². The van der Waals surface area contributed by atoms with E-state index >= 15 is 0 Å². The fraction of sp³-hybridized carbons (Fsp3) is 0.300. The second-order valence-electron chi connectivity index (χ2n) is 6.18. The maximum absolute atomic E-state index is 12.7. The lowest BCUT2D eigenvalue weighted by molar-refractivity contribution is 0.0997. The summed E-state index contributed by atoms with van der Waals surface area (Å²) >= 11 is 13.6. The zero-order chi connectivity index (χ0) is 19.6. The molecule has 0 radical (unpaired) electrons. The van der Waals surface area contributed by atoms with Crippen LogP contribution in [0.4, 0.5) is 0 Å². The molecule has 0 aliphatic heterocycles. The Kier molecular flexibility index (Phi) is 6.37. The fourth-order valence-corrected chi connectivity index (χ4v) is 4.36. The monoisotopic (exact) mass is 422 g/mol. The minimum atomic E-state index is -0.387. The van der Waals surface area contributed by atoms with Crippen LogP contribution in [0.25, 0.3) is 10.2 Å². The van der Waals surface area contributed by atoms with Crippen molar-refractivity contribution < 1.29 is 9.53 Å². The fourth-order valence-electron chi connectivity index (χ4n) is 2.73. The molecule has 0 fully saturated rings. The molecule has 1 heterocycles. The van der Waals surface area contributed by atoms with Crippen LogP contribution in [-0.4, -0.2) is 23.7 Å². The first-order valence-electron chi connectivity index (χ1n) is 8.63. The van der Waals surface area contributed by atoms with E-state index in [1.807, 2.05) is 11.5 Å². The zero-order valence-electron chi connectivity index (χ0n) is 15.4. The summed E-state index contributed by atoms with van der Waals surface area (Å²) in [5.74, 6) is -0.387. The number of benzene rings is 2. The molecule has 0 saturated heterocycles. The number of amides is 1. The number of carbonyl (C=O) groups excluding carboxylic acids is 1. The van der Waals surface area contributed by atoms with E-state index in [4.69, 9.17) is 27.9 Å². The number of fused-ring (bicyclic) bond motifs is 1. The lowest BCUT2D eigenvalue weighted by atomic mass is 10.1. The van der Waals surface area contributed by atoms with E-state index in [0.29, 0.717) is 40.2 Å². The van der Waals surface area contributed by atoms with Gasteiger partial charge in [-0.15, -0.1) is 0 Å². The van der Waals surface area contributed by atoms with Crippen molar-refractivity contribution in [2.75, 3.05) is 13.2 Å². The van der Waals surface area contributed by atoms with Crippen molar-refractivity contribution in [3.8, 4) is 0 Å². The molecule has 1 amide bonds. The lowest BCUT2D eigenvalue weighted by Gasteiger charge is -2.07. The van der Waals surface area contributed by atoms with Gasteiger partial charge in [0, 0.05) is 18.2 Å². The first kappa shape index (κ1) is 20.1. The van der Waals surface area contributed by atoms with Crippen molar-refractivity contribution in [2.45, 2.75) is 27.3 Å². The molecular formula is C20H20Cl2N2O2S.